The zero-order valence-corrected chi connectivity index (χ0v) is 15.1. The molecule has 6 heteroatoms. The van der Waals surface area contributed by atoms with Gasteiger partial charge in [-0.05, 0) is 13.5 Å². The number of piperazine rings is 1. The van der Waals surface area contributed by atoms with Crippen molar-refractivity contribution >= 4 is 11.8 Å². The minimum Gasteiger partial charge on any atom is -0.385 e. The van der Waals surface area contributed by atoms with Gasteiger partial charge in [0.2, 0.25) is 5.95 Å². The first kappa shape index (κ1) is 17.6. The zero-order chi connectivity index (χ0) is 17.5. The van der Waals surface area contributed by atoms with Crippen LogP contribution in [0.25, 0.3) is 11.3 Å². The van der Waals surface area contributed by atoms with E-state index in [9.17, 15) is 0 Å². The molecule has 134 valence electrons. The van der Waals surface area contributed by atoms with Gasteiger partial charge in [-0.15, -0.1) is 0 Å². The molecular weight excluding hydrogens is 314 g/mol. The molecule has 6 nitrogen and oxygen atoms in total. The summed E-state index contributed by atoms with van der Waals surface area (Å²) < 4.78 is 5.12. The highest BCUT2D eigenvalue weighted by Crippen LogP contribution is 2.23. The smallest absolute Gasteiger partial charge is 0.227 e. The van der Waals surface area contributed by atoms with Gasteiger partial charge in [0.1, 0.15) is 5.82 Å². The highest BCUT2D eigenvalue weighted by atomic mass is 16.5. The average molecular weight is 341 g/mol. The van der Waals surface area contributed by atoms with E-state index in [1.54, 1.807) is 7.11 Å². The average Bonchev–Trinajstić information content (AvgIpc) is 2.66. The lowest BCUT2D eigenvalue weighted by Crippen LogP contribution is -2.45. The Morgan fingerprint density at radius 2 is 1.84 bits per heavy atom. The maximum Gasteiger partial charge on any atom is 0.227 e. The predicted octanol–water partition coefficient (Wildman–Crippen LogP) is 2.34. The molecule has 1 N–H and O–H groups in total. The number of nitrogens with zero attached hydrogens (tertiary/aromatic N) is 4. The zero-order valence-electron chi connectivity index (χ0n) is 15.1. The van der Waals surface area contributed by atoms with E-state index < -0.39 is 0 Å². The van der Waals surface area contributed by atoms with Crippen molar-refractivity contribution in [3.63, 3.8) is 0 Å². The summed E-state index contributed by atoms with van der Waals surface area (Å²) in [4.78, 5) is 14.2. The van der Waals surface area contributed by atoms with E-state index in [1.807, 2.05) is 24.3 Å². The number of likely N-dealkylation sites (N-methyl/N-ethyl adjacent to an activating group) is 1. The second kappa shape index (κ2) is 8.78. The summed E-state index contributed by atoms with van der Waals surface area (Å²) in [5, 5.41) is 3.41. The van der Waals surface area contributed by atoms with E-state index in [4.69, 9.17) is 14.7 Å². The van der Waals surface area contributed by atoms with E-state index in [0.29, 0.717) is 0 Å². The van der Waals surface area contributed by atoms with Crippen molar-refractivity contribution < 1.29 is 4.74 Å². The molecule has 1 aromatic carbocycles. The number of methoxy groups -OCH3 is 1. The van der Waals surface area contributed by atoms with E-state index in [-0.39, 0.29) is 0 Å². The largest absolute Gasteiger partial charge is 0.385 e. The first-order chi connectivity index (χ1) is 12.3. The van der Waals surface area contributed by atoms with E-state index in [0.717, 1.165) is 68.8 Å². The molecule has 2 heterocycles. The highest BCUT2D eigenvalue weighted by molar-refractivity contribution is 5.64. The van der Waals surface area contributed by atoms with Crippen LogP contribution in [0, 0.1) is 0 Å². The maximum absolute atomic E-state index is 5.12. The quantitative estimate of drug-likeness (QED) is 0.780. The molecule has 1 aromatic heterocycles. The van der Waals surface area contributed by atoms with Gasteiger partial charge in [0.25, 0.3) is 0 Å². The van der Waals surface area contributed by atoms with Gasteiger partial charge in [-0.3, -0.25) is 0 Å². The van der Waals surface area contributed by atoms with E-state index >= 15 is 0 Å². The predicted molar refractivity (Wildman–Crippen MR) is 102 cm³/mol. The van der Waals surface area contributed by atoms with Gasteiger partial charge in [-0.25, -0.2) is 4.98 Å². The molecule has 3 rings (SSSR count). The number of hydrogen-bond acceptors (Lipinski definition) is 6. The second-order valence-corrected chi connectivity index (χ2v) is 6.37. The van der Waals surface area contributed by atoms with Crippen LogP contribution in [0.1, 0.15) is 6.42 Å². The van der Waals surface area contributed by atoms with Crippen molar-refractivity contribution in [3.05, 3.63) is 36.4 Å². The Morgan fingerprint density at radius 1 is 1.08 bits per heavy atom. The van der Waals surface area contributed by atoms with Gasteiger partial charge in [0, 0.05) is 58.1 Å². The topological polar surface area (TPSA) is 53.5 Å². The van der Waals surface area contributed by atoms with Gasteiger partial charge in [0.05, 0.1) is 5.69 Å². The standard InChI is InChI=1S/C19H27N5O/c1-23-10-12-24(13-11-23)19-21-17(16-7-4-3-5-8-16)15-18(22-19)20-9-6-14-25-2/h3-5,7-8,15H,6,9-14H2,1-2H3,(H,20,21,22). The monoisotopic (exact) mass is 341 g/mol. The van der Waals surface area contributed by atoms with Crippen LogP contribution in [0.3, 0.4) is 0 Å². The summed E-state index contributed by atoms with van der Waals surface area (Å²) >= 11 is 0. The molecule has 0 bridgehead atoms. The van der Waals surface area contributed by atoms with Crippen molar-refractivity contribution in [1.82, 2.24) is 14.9 Å². The number of aromatic nitrogens is 2. The van der Waals surface area contributed by atoms with Gasteiger partial charge >= 0.3 is 0 Å². The van der Waals surface area contributed by atoms with Crippen LogP contribution < -0.4 is 10.2 Å². The number of nitrogens with one attached hydrogen (secondary N) is 1. The molecule has 1 aliphatic heterocycles. The normalized spacial score (nSPS) is 15.4. The van der Waals surface area contributed by atoms with Crippen molar-refractivity contribution in [2.75, 3.05) is 63.7 Å². The lowest BCUT2D eigenvalue weighted by molar-refractivity contribution is 0.198. The minimum atomic E-state index is 0.745. The lowest BCUT2D eigenvalue weighted by atomic mass is 10.1. The maximum atomic E-state index is 5.12. The fourth-order valence-electron chi connectivity index (χ4n) is 2.86. The Balaban J connectivity index is 1.83. The molecular formula is C19H27N5O. The minimum absolute atomic E-state index is 0.745. The highest BCUT2D eigenvalue weighted by Gasteiger charge is 2.18. The van der Waals surface area contributed by atoms with E-state index in [2.05, 4.69) is 34.3 Å². The summed E-state index contributed by atoms with van der Waals surface area (Å²) in [7, 11) is 3.88. The molecule has 25 heavy (non-hydrogen) atoms. The van der Waals surface area contributed by atoms with Crippen molar-refractivity contribution in [2.24, 2.45) is 0 Å². The van der Waals surface area contributed by atoms with Crippen LogP contribution in [0.5, 0.6) is 0 Å². The van der Waals surface area contributed by atoms with Crippen LogP contribution in [0.15, 0.2) is 36.4 Å². The molecule has 2 aromatic rings. The second-order valence-electron chi connectivity index (χ2n) is 6.37. The first-order valence-electron chi connectivity index (χ1n) is 8.87. The Kier molecular flexibility index (Phi) is 6.19. The van der Waals surface area contributed by atoms with Crippen molar-refractivity contribution in [2.45, 2.75) is 6.42 Å². The molecule has 0 unspecified atom stereocenters. The SMILES string of the molecule is COCCCNc1cc(-c2ccccc2)nc(N2CCN(C)CC2)n1. The van der Waals surface area contributed by atoms with E-state index in [1.165, 1.54) is 0 Å². The summed E-state index contributed by atoms with van der Waals surface area (Å²) in [5.74, 6) is 1.68. The number of anilines is 2. The molecule has 0 atom stereocenters. The molecule has 0 aliphatic carbocycles. The van der Waals surface area contributed by atoms with Crippen molar-refractivity contribution in [3.8, 4) is 11.3 Å². The third kappa shape index (κ3) is 4.90. The summed E-state index contributed by atoms with van der Waals surface area (Å²) in [5.41, 5.74) is 2.07. The first-order valence-corrected chi connectivity index (χ1v) is 8.87. The van der Waals surface area contributed by atoms with Crippen LogP contribution in [0.4, 0.5) is 11.8 Å². The fraction of sp³-hybridized carbons (Fsp3) is 0.474. The fourth-order valence-corrected chi connectivity index (χ4v) is 2.86. The summed E-state index contributed by atoms with van der Waals surface area (Å²) in [6.07, 6.45) is 0.949. The van der Waals surface area contributed by atoms with Gasteiger partial charge < -0.3 is 19.9 Å². The van der Waals surface area contributed by atoms with Crippen LogP contribution in [-0.2, 0) is 4.74 Å². The van der Waals surface area contributed by atoms with Gasteiger partial charge in [-0.2, -0.15) is 4.98 Å². The summed E-state index contributed by atoms with van der Waals surface area (Å²) in [6, 6.07) is 12.3. The third-order valence-electron chi connectivity index (χ3n) is 4.40. The van der Waals surface area contributed by atoms with Crippen LogP contribution in [0.2, 0.25) is 0 Å². The number of ether oxygens (including phenoxy) is 1. The third-order valence-corrected chi connectivity index (χ3v) is 4.40. The number of hydrogen-bond donors (Lipinski definition) is 1. The molecule has 0 spiro atoms. The Labute approximate surface area is 149 Å². The summed E-state index contributed by atoms with van der Waals surface area (Å²) in [6.45, 7) is 5.57. The Hall–Kier alpha value is -2.18. The number of benzene rings is 1. The lowest BCUT2D eigenvalue weighted by Gasteiger charge is -2.32. The van der Waals surface area contributed by atoms with Gasteiger partial charge in [0.15, 0.2) is 0 Å². The number of rotatable bonds is 7. The molecule has 0 radical (unpaired) electrons. The molecule has 0 saturated carbocycles. The molecule has 1 aliphatic rings. The van der Waals surface area contributed by atoms with Crippen LogP contribution in [-0.4, -0.2) is 68.4 Å². The Morgan fingerprint density at radius 3 is 2.56 bits per heavy atom. The molecule has 0 amide bonds. The molecule has 1 fully saturated rings. The van der Waals surface area contributed by atoms with Gasteiger partial charge in [-0.1, -0.05) is 30.3 Å². The van der Waals surface area contributed by atoms with Crippen LogP contribution >= 0.6 is 0 Å². The Bertz CT molecular complexity index is 656. The van der Waals surface area contributed by atoms with Crippen molar-refractivity contribution in [1.29, 1.82) is 0 Å². The molecule has 1 saturated heterocycles.